The van der Waals surface area contributed by atoms with Crippen LogP contribution in [0.4, 0.5) is 0 Å². The van der Waals surface area contributed by atoms with Gasteiger partial charge in [0, 0.05) is 23.4 Å². The first-order chi connectivity index (χ1) is 14.6. The van der Waals surface area contributed by atoms with Crippen LogP contribution in [0, 0.1) is 0 Å². The monoisotopic (exact) mass is 446 g/mol. The van der Waals surface area contributed by atoms with Crippen LogP contribution in [0.5, 0.6) is 5.75 Å². The Balaban J connectivity index is 1.83. The van der Waals surface area contributed by atoms with Crippen LogP contribution in [0.2, 0.25) is 10.0 Å². The Kier molecular flexibility index (Phi) is 6.27. The van der Waals surface area contributed by atoms with Crippen molar-refractivity contribution < 1.29 is 19.0 Å². The molecule has 0 unspecified atom stereocenters. The summed E-state index contributed by atoms with van der Waals surface area (Å²) < 4.78 is 18.2. The zero-order valence-corrected chi connectivity index (χ0v) is 17.8. The lowest BCUT2D eigenvalue weighted by molar-refractivity contribution is -0.0165. The molecule has 0 spiro atoms. The Labute approximate surface area is 184 Å². The molecule has 1 aliphatic heterocycles. The molecule has 4 rings (SSSR count). The maximum absolute atomic E-state index is 13.0. The number of ether oxygens (including phenoxy) is 3. The second kappa shape index (κ2) is 9.08. The predicted molar refractivity (Wildman–Crippen MR) is 115 cm³/mol. The van der Waals surface area contributed by atoms with E-state index < -0.39 is 5.97 Å². The van der Waals surface area contributed by atoms with Crippen LogP contribution in [-0.2, 0) is 9.47 Å². The van der Waals surface area contributed by atoms with Crippen molar-refractivity contribution in [1.29, 1.82) is 0 Å². The fourth-order valence-corrected chi connectivity index (χ4v) is 3.73. The molecule has 1 aliphatic rings. The number of nitrogens with zero attached hydrogens (tertiary/aromatic N) is 2. The van der Waals surface area contributed by atoms with E-state index >= 15 is 0 Å². The highest BCUT2D eigenvalue weighted by Gasteiger charge is 2.29. The lowest BCUT2D eigenvalue weighted by atomic mass is 10.1. The predicted octanol–water partition coefficient (Wildman–Crippen LogP) is 5.19. The molecular formula is C22H20Cl2N2O4. The van der Waals surface area contributed by atoms with Crippen molar-refractivity contribution in [2.45, 2.75) is 18.9 Å². The van der Waals surface area contributed by atoms with Crippen LogP contribution >= 0.6 is 23.2 Å². The molecule has 156 valence electrons. The van der Waals surface area contributed by atoms with E-state index in [0.717, 1.165) is 5.56 Å². The minimum Gasteiger partial charge on any atom is -0.492 e. The number of para-hydroxylation sites is 1. The molecule has 2 heterocycles. The van der Waals surface area contributed by atoms with Gasteiger partial charge in [0.1, 0.15) is 11.8 Å². The normalized spacial score (nSPS) is 14.5. The highest BCUT2D eigenvalue weighted by atomic mass is 35.5. The summed E-state index contributed by atoms with van der Waals surface area (Å²) in [5.41, 5.74) is 2.07. The molecule has 0 N–H and O–H groups in total. The summed E-state index contributed by atoms with van der Waals surface area (Å²) in [5, 5.41) is 5.63. The van der Waals surface area contributed by atoms with Crippen LogP contribution in [0.15, 0.2) is 48.5 Å². The summed E-state index contributed by atoms with van der Waals surface area (Å²) in [6.45, 7) is 1.14. The smallest absolute Gasteiger partial charge is 0.363 e. The largest absolute Gasteiger partial charge is 0.492 e. The number of carbonyl (C=O) groups excluding carboxylic acids is 1. The molecule has 3 aromatic rings. The zero-order chi connectivity index (χ0) is 21.1. The van der Waals surface area contributed by atoms with Gasteiger partial charge in [-0.05, 0) is 24.3 Å². The van der Waals surface area contributed by atoms with Crippen molar-refractivity contribution in [3.8, 4) is 22.7 Å². The molecular weight excluding hydrogens is 427 g/mol. The van der Waals surface area contributed by atoms with E-state index in [1.807, 2.05) is 30.3 Å². The van der Waals surface area contributed by atoms with Crippen molar-refractivity contribution in [1.82, 2.24) is 9.78 Å². The molecule has 2 aromatic carbocycles. The lowest BCUT2D eigenvalue weighted by Gasteiger charge is -2.21. The Bertz CT molecular complexity index is 1040. The molecule has 0 atom stereocenters. The molecule has 8 heteroatoms. The van der Waals surface area contributed by atoms with Crippen LogP contribution in [0.1, 0.15) is 23.3 Å². The number of rotatable bonds is 5. The average Bonchev–Trinajstić information content (AvgIpc) is 3.15. The number of aromatic nitrogens is 2. The molecule has 30 heavy (non-hydrogen) atoms. The number of hydrogen-bond acceptors (Lipinski definition) is 5. The maximum Gasteiger partial charge on any atom is 0.363 e. The highest BCUT2D eigenvalue weighted by molar-refractivity contribution is 6.32. The van der Waals surface area contributed by atoms with Gasteiger partial charge in [-0.1, -0.05) is 47.5 Å². The minimum absolute atomic E-state index is 0.0915. The molecule has 6 nitrogen and oxygen atoms in total. The van der Waals surface area contributed by atoms with E-state index in [1.165, 1.54) is 7.11 Å². The minimum atomic E-state index is -0.542. The highest BCUT2D eigenvalue weighted by Crippen LogP contribution is 2.38. The standard InChI is InChI=1S/C22H20Cl2N2O4/c1-28-21-19(22(27)30-16-10-12-29-13-11-16)25-26(18-5-3-2-4-17(18)24)20(21)14-6-8-15(23)9-7-14/h2-9,16H,10-13H2,1H3. The third-order valence-corrected chi connectivity index (χ3v) is 5.45. The number of halogens is 2. The fourth-order valence-electron chi connectivity index (χ4n) is 3.39. The number of methoxy groups -OCH3 is 1. The lowest BCUT2D eigenvalue weighted by Crippen LogP contribution is -2.26. The molecule has 0 aliphatic carbocycles. The van der Waals surface area contributed by atoms with Crippen molar-refractivity contribution in [3.63, 3.8) is 0 Å². The van der Waals surface area contributed by atoms with Gasteiger partial charge in [0.05, 0.1) is 31.0 Å². The molecule has 0 bridgehead atoms. The van der Waals surface area contributed by atoms with Gasteiger partial charge in [-0.3, -0.25) is 0 Å². The van der Waals surface area contributed by atoms with Crippen molar-refractivity contribution in [2.75, 3.05) is 20.3 Å². The molecule has 1 aromatic heterocycles. The first-order valence-electron chi connectivity index (χ1n) is 9.55. The van der Waals surface area contributed by atoms with Gasteiger partial charge in [-0.25, -0.2) is 9.48 Å². The van der Waals surface area contributed by atoms with Gasteiger partial charge < -0.3 is 14.2 Å². The van der Waals surface area contributed by atoms with E-state index in [2.05, 4.69) is 5.10 Å². The first kappa shape index (κ1) is 20.7. The molecule has 0 saturated carbocycles. The quantitative estimate of drug-likeness (QED) is 0.504. The van der Waals surface area contributed by atoms with Gasteiger partial charge in [-0.2, -0.15) is 5.10 Å². The molecule has 1 fully saturated rings. The van der Waals surface area contributed by atoms with Crippen LogP contribution in [0.25, 0.3) is 16.9 Å². The summed E-state index contributed by atoms with van der Waals surface area (Å²) in [4.78, 5) is 13.0. The Morgan fingerprint density at radius 1 is 1.10 bits per heavy atom. The summed E-state index contributed by atoms with van der Waals surface area (Å²) in [6, 6.07) is 14.5. The van der Waals surface area contributed by atoms with E-state index in [1.54, 1.807) is 22.9 Å². The summed E-state index contributed by atoms with van der Waals surface area (Å²) in [5.74, 6) is -0.228. The Morgan fingerprint density at radius 3 is 2.47 bits per heavy atom. The van der Waals surface area contributed by atoms with Crippen molar-refractivity contribution in [3.05, 3.63) is 64.3 Å². The van der Waals surface area contributed by atoms with Gasteiger partial charge in [0.2, 0.25) is 5.69 Å². The second-order valence-electron chi connectivity index (χ2n) is 6.82. The maximum atomic E-state index is 13.0. The third-order valence-electron chi connectivity index (χ3n) is 4.88. The first-order valence-corrected chi connectivity index (χ1v) is 10.3. The topological polar surface area (TPSA) is 62.6 Å². The fraction of sp³-hybridized carbons (Fsp3) is 0.273. The third kappa shape index (κ3) is 4.17. The van der Waals surface area contributed by atoms with Crippen LogP contribution in [0.3, 0.4) is 0 Å². The Hall–Kier alpha value is -2.54. The van der Waals surface area contributed by atoms with E-state index in [0.29, 0.717) is 53.2 Å². The van der Waals surface area contributed by atoms with Gasteiger partial charge in [0.25, 0.3) is 0 Å². The number of hydrogen-bond donors (Lipinski definition) is 0. The van der Waals surface area contributed by atoms with Crippen molar-refractivity contribution in [2.24, 2.45) is 0 Å². The van der Waals surface area contributed by atoms with Crippen LogP contribution < -0.4 is 4.74 Å². The number of carbonyl (C=O) groups is 1. The summed E-state index contributed by atoms with van der Waals surface area (Å²) in [7, 11) is 1.50. The molecule has 0 radical (unpaired) electrons. The molecule has 1 saturated heterocycles. The second-order valence-corrected chi connectivity index (χ2v) is 7.66. The molecule has 0 amide bonds. The van der Waals surface area contributed by atoms with E-state index in [9.17, 15) is 4.79 Å². The van der Waals surface area contributed by atoms with Crippen LogP contribution in [-0.4, -0.2) is 42.2 Å². The number of esters is 1. The van der Waals surface area contributed by atoms with Gasteiger partial charge >= 0.3 is 5.97 Å². The number of benzene rings is 2. The average molecular weight is 447 g/mol. The van der Waals surface area contributed by atoms with Gasteiger partial charge in [0.15, 0.2) is 5.75 Å². The van der Waals surface area contributed by atoms with Gasteiger partial charge in [-0.15, -0.1) is 0 Å². The summed E-state index contributed by atoms with van der Waals surface area (Å²) in [6.07, 6.45) is 1.10. The van der Waals surface area contributed by atoms with E-state index in [-0.39, 0.29) is 11.8 Å². The SMILES string of the molecule is COc1c(C(=O)OC2CCOCC2)nn(-c2ccccc2Cl)c1-c1ccc(Cl)cc1. The Morgan fingerprint density at radius 2 is 1.80 bits per heavy atom. The van der Waals surface area contributed by atoms with E-state index in [4.69, 9.17) is 37.4 Å². The van der Waals surface area contributed by atoms with Crippen molar-refractivity contribution >= 4 is 29.2 Å². The zero-order valence-electron chi connectivity index (χ0n) is 16.3. The summed E-state index contributed by atoms with van der Waals surface area (Å²) >= 11 is 12.5.